The smallest absolute Gasteiger partial charge is 0.253 e. The van der Waals surface area contributed by atoms with E-state index in [0.717, 1.165) is 54.6 Å². The molecule has 4 aromatic rings. The number of quaternary nitrogens is 1. The van der Waals surface area contributed by atoms with Gasteiger partial charge in [0.2, 0.25) is 0 Å². The second-order valence-electron chi connectivity index (χ2n) is 8.99. The fourth-order valence-corrected chi connectivity index (χ4v) is 6.03. The molecule has 172 valence electrons. The van der Waals surface area contributed by atoms with Crippen molar-refractivity contribution >= 4 is 43.6 Å². The second kappa shape index (κ2) is 8.74. The Balaban J connectivity index is 1.34. The molecule has 3 heterocycles. The summed E-state index contributed by atoms with van der Waals surface area (Å²) in [5, 5.41) is 15.8. The molecule has 0 bridgehead atoms. The molecule has 34 heavy (non-hydrogen) atoms. The summed E-state index contributed by atoms with van der Waals surface area (Å²) in [6.07, 6.45) is 2.07. The van der Waals surface area contributed by atoms with Crippen LogP contribution in [-0.4, -0.2) is 41.5 Å². The highest BCUT2D eigenvalue weighted by atomic mass is 32.1. The number of rotatable bonds is 3. The zero-order valence-corrected chi connectivity index (χ0v) is 19.5. The average molecular weight is 475 g/mol. The molecule has 0 aliphatic carbocycles. The van der Waals surface area contributed by atoms with E-state index in [4.69, 9.17) is 10.1 Å². The van der Waals surface area contributed by atoms with Gasteiger partial charge in [-0.05, 0) is 48.4 Å². The summed E-state index contributed by atoms with van der Waals surface area (Å²) in [5.74, 6) is 1.26. The normalized spacial score (nSPS) is 17.5. The number of aliphatic imine (C=N–C) groups is 1. The Kier molecular flexibility index (Phi) is 5.43. The van der Waals surface area contributed by atoms with E-state index in [9.17, 15) is 4.39 Å². The molecule has 2 aliphatic rings. The van der Waals surface area contributed by atoms with Gasteiger partial charge in [-0.2, -0.15) is 0 Å². The van der Waals surface area contributed by atoms with Crippen LogP contribution in [0.3, 0.4) is 0 Å². The van der Waals surface area contributed by atoms with Gasteiger partial charge in [-0.1, -0.05) is 18.2 Å². The van der Waals surface area contributed by atoms with Crippen molar-refractivity contribution < 1.29 is 14.8 Å². The minimum Gasteiger partial charge on any atom is -0.593 e. The molecule has 5 nitrogen and oxygen atoms in total. The van der Waals surface area contributed by atoms with Crippen molar-refractivity contribution in [1.82, 2.24) is 4.90 Å². The summed E-state index contributed by atoms with van der Waals surface area (Å²) in [4.78, 5) is 7.53. The van der Waals surface area contributed by atoms with E-state index >= 15 is 0 Å². The summed E-state index contributed by atoms with van der Waals surface area (Å²) in [6.45, 7) is 2.84. The standard InChI is InChI=1S/C27H25FN4OS/c28-18-8-12-22-23(15-18)31-27-25(21-3-1-2-4-24(21)34-27)26(30-22)32-14-13-29-19(16-32)9-5-17-6-10-20(33)11-7-17/h1-4,6-8,10-12,15,19,29,31,33H,5,9,13-14,16H2/p+2. The third kappa shape index (κ3) is 4.02. The quantitative estimate of drug-likeness (QED) is 0.430. The zero-order valence-electron chi connectivity index (χ0n) is 18.7. The number of fused-ring (bicyclic) bond motifs is 4. The Labute approximate surface area is 201 Å². The van der Waals surface area contributed by atoms with Crippen LogP contribution in [0, 0.1) is 5.82 Å². The van der Waals surface area contributed by atoms with E-state index in [1.54, 1.807) is 17.4 Å². The Bertz CT molecular complexity index is 1380. The third-order valence-corrected chi connectivity index (χ3v) is 7.75. The maximum Gasteiger partial charge on any atom is 0.253 e. The number of thiophene rings is 1. The number of piperazine rings is 1. The van der Waals surface area contributed by atoms with Gasteiger partial charge in [-0.15, -0.1) is 11.3 Å². The largest absolute Gasteiger partial charge is 0.593 e. The fourth-order valence-electron chi connectivity index (χ4n) is 4.92. The predicted octanol–water partition coefficient (Wildman–Crippen LogP) is 4.49. The summed E-state index contributed by atoms with van der Waals surface area (Å²) in [5.41, 5.74) is 3.87. The van der Waals surface area contributed by atoms with E-state index in [-0.39, 0.29) is 5.82 Å². The van der Waals surface area contributed by atoms with Gasteiger partial charge in [0.25, 0.3) is 5.75 Å². The van der Waals surface area contributed by atoms with Gasteiger partial charge >= 0.3 is 0 Å². The van der Waals surface area contributed by atoms with Crippen LogP contribution in [0.4, 0.5) is 20.8 Å². The first-order valence-corrected chi connectivity index (χ1v) is 12.5. The topological polar surface area (TPSA) is 67.1 Å². The van der Waals surface area contributed by atoms with Gasteiger partial charge in [0.1, 0.15) is 22.7 Å². The molecular formula is C27H27FN4OS+2. The molecular weight excluding hydrogens is 447 g/mol. The van der Waals surface area contributed by atoms with E-state index in [2.05, 4.69) is 51.9 Å². The average Bonchev–Trinajstić information content (AvgIpc) is 3.13. The van der Waals surface area contributed by atoms with Gasteiger partial charge in [0.05, 0.1) is 36.6 Å². The predicted molar refractivity (Wildman–Crippen MR) is 138 cm³/mol. The molecule has 1 unspecified atom stereocenters. The molecule has 0 radical (unpaired) electrons. The summed E-state index contributed by atoms with van der Waals surface area (Å²) in [7, 11) is 0. The van der Waals surface area contributed by atoms with Gasteiger partial charge in [0.15, 0.2) is 0 Å². The Morgan fingerprint density at radius 3 is 2.85 bits per heavy atom. The lowest BCUT2D eigenvalue weighted by molar-refractivity contribution is -0.697. The minimum absolute atomic E-state index is 0.265. The van der Waals surface area contributed by atoms with E-state index in [1.807, 2.05) is 12.1 Å². The lowest BCUT2D eigenvalue weighted by atomic mass is 10.0. The molecule has 2 aliphatic heterocycles. The number of nitrogens with two attached hydrogens (primary N) is 1. The lowest BCUT2D eigenvalue weighted by Crippen LogP contribution is -2.95. The number of benzene rings is 3. The van der Waals surface area contributed by atoms with E-state index in [1.165, 1.54) is 27.8 Å². The van der Waals surface area contributed by atoms with Crippen molar-refractivity contribution in [2.75, 3.05) is 25.0 Å². The van der Waals surface area contributed by atoms with E-state index in [0.29, 0.717) is 17.5 Å². The number of nitrogens with one attached hydrogen (secondary N) is 1. The monoisotopic (exact) mass is 474 g/mol. The van der Waals surface area contributed by atoms with Crippen molar-refractivity contribution in [3.05, 3.63) is 83.7 Å². The fraction of sp³-hybridized carbons (Fsp3) is 0.222. The molecule has 6 rings (SSSR count). The van der Waals surface area contributed by atoms with Crippen molar-refractivity contribution in [2.24, 2.45) is 4.99 Å². The van der Waals surface area contributed by atoms with Crippen LogP contribution in [0.25, 0.3) is 10.1 Å². The number of anilines is 2. The number of nitrogens with zero attached hydrogens (tertiary/aromatic N) is 2. The van der Waals surface area contributed by atoms with Crippen LogP contribution in [0.1, 0.15) is 17.5 Å². The molecule has 1 aromatic heterocycles. The Morgan fingerprint density at radius 2 is 1.97 bits per heavy atom. The minimum atomic E-state index is -0.265. The SMILES string of the molecule is [OH2+]c1ccc(CCC2CN(C3=Nc4ccc(F)cc4Nc4sc5ccccc5c43)CC[NH2+]2)cc1. The molecule has 1 atom stereocenters. The molecule has 1 fully saturated rings. The van der Waals surface area contributed by atoms with Gasteiger partial charge in [-0.25, -0.2) is 9.38 Å². The molecule has 7 heteroatoms. The van der Waals surface area contributed by atoms with Crippen LogP contribution in [-0.2, 0) is 6.42 Å². The summed E-state index contributed by atoms with van der Waals surface area (Å²) < 4.78 is 15.2. The van der Waals surface area contributed by atoms with Crippen molar-refractivity contribution in [3.8, 4) is 5.75 Å². The molecule has 0 spiro atoms. The van der Waals surface area contributed by atoms with Gasteiger partial charge in [-0.3, -0.25) is 0 Å². The number of halogens is 1. The lowest BCUT2D eigenvalue weighted by Gasteiger charge is -2.33. The number of hydrogen-bond acceptors (Lipinski definition) is 4. The van der Waals surface area contributed by atoms with E-state index < -0.39 is 0 Å². The highest BCUT2D eigenvalue weighted by Crippen LogP contribution is 2.43. The number of hydrogen-bond donors (Lipinski definition) is 2. The van der Waals surface area contributed by atoms with Gasteiger partial charge < -0.3 is 20.6 Å². The maximum atomic E-state index is 14.0. The van der Waals surface area contributed by atoms with Gasteiger partial charge in [0, 0.05) is 28.6 Å². The number of aryl methyl sites for hydroxylation is 1. The molecule has 1 saturated heterocycles. The second-order valence-corrected chi connectivity index (χ2v) is 10.0. The third-order valence-electron chi connectivity index (χ3n) is 6.66. The van der Waals surface area contributed by atoms with Crippen LogP contribution in [0.15, 0.2) is 71.7 Å². The van der Waals surface area contributed by atoms with Crippen LogP contribution < -0.4 is 10.6 Å². The van der Waals surface area contributed by atoms with Crippen molar-refractivity contribution in [3.63, 3.8) is 0 Å². The van der Waals surface area contributed by atoms with Crippen LogP contribution >= 0.6 is 11.3 Å². The molecule has 3 aromatic carbocycles. The first-order chi connectivity index (χ1) is 16.6. The highest BCUT2D eigenvalue weighted by Gasteiger charge is 2.30. The molecule has 0 saturated carbocycles. The Morgan fingerprint density at radius 1 is 1.12 bits per heavy atom. The van der Waals surface area contributed by atoms with Crippen LogP contribution in [0.5, 0.6) is 5.75 Å². The molecule has 0 amide bonds. The zero-order chi connectivity index (χ0) is 23.1. The first kappa shape index (κ1) is 21.1. The summed E-state index contributed by atoms with van der Waals surface area (Å²) >= 11 is 1.70. The first-order valence-electron chi connectivity index (χ1n) is 11.7. The highest BCUT2D eigenvalue weighted by molar-refractivity contribution is 7.23. The summed E-state index contributed by atoms with van der Waals surface area (Å²) in [6, 6.07) is 21.5. The maximum absolute atomic E-state index is 14.0. The molecule has 5 N–H and O–H groups in total. The Hall–Kier alpha value is -3.42. The number of amidine groups is 1. The van der Waals surface area contributed by atoms with Crippen molar-refractivity contribution in [2.45, 2.75) is 18.9 Å². The van der Waals surface area contributed by atoms with Crippen LogP contribution in [0.2, 0.25) is 0 Å². The van der Waals surface area contributed by atoms with Crippen molar-refractivity contribution in [1.29, 1.82) is 0 Å².